The molecule has 0 aliphatic carbocycles. The zero-order chi connectivity index (χ0) is 12.1. The fraction of sp³-hybridized carbons (Fsp3) is 0.417. The highest BCUT2D eigenvalue weighted by Gasteiger charge is 2.07. The fourth-order valence-corrected chi connectivity index (χ4v) is 1.68. The van der Waals surface area contributed by atoms with E-state index in [2.05, 4.69) is 40.3 Å². The van der Waals surface area contributed by atoms with Gasteiger partial charge < -0.3 is 5.32 Å². The van der Waals surface area contributed by atoms with Crippen LogP contribution in [0.15, 0.2) is 30.9 Å². The number of pyridine rings is 1. The molecule has 90 valence electrons. The van der Waals surface area contributed by atoms with E-state index >= 15 is 0 Å². The first-order valence-corrected chi connectivity index (χ1v) is 5.81. The van der Waals surface area contributed by atoms with Crippen LogP contribution in [0, 0.1) is 0 Å². The third-order valence-corrected chi connectivity index (χ3v) is 2.75. The van der Waals surface area contributed by atoms with Gasteiger partial charge in [-0.25, -0.2) is 9.67 Å². The Hall–Kier alpha value is -1.75. The van der Waals surface area contributed by atoms with Crippen molar-refractivity contribution in [2.24, 2.45) is 0 Å². The number of rotatable bonds is 5. The highest BCUT2D eigenvalue weighted by molar-refractivity contribution is 5.12. The zero-order valence-corrected chi connectivity index (χ0v) is 10.2. The molecule has 17 heavy (non-hydrogen) atoms. The van der Waals surface area contributed by atoms with Crippen LogP contribution in [0.2, 0.25) is 0 Å². The van der Waals surface area contributed by atoms with Crippen molar-refractivity contribution in [3.8, 4) is 0 Å². The van der Waals surface area contributed by atoms with Crippen LogP contribution in [0.3, 0.4) is 0 Å². The van der Waals surface area contributed by atoms with Crippen LogP contribution >= 0.6 is 0 Å². The predicted octanol–water partition coefficient (Wildman–Crippen LogP) is 1.54. The molecular formula is C12H17N5. The summed E-state index contributed by atoms with van der Waals surface area (Å²) in [4.78, 5) is 8.34. The summed E-state index contributed by atoms with van der Waals surface area (Å²) in [6, 6.07) is 4.27. The summed E-state index contributed by atoms with van der Waals surface area (Å²) in [5.74, 6) is 0.961. The predicted molar refractivity (Wildman–Crippen MR) is 65.2 cm³/mol. The lowest BCUT2D eigenvalue weighted by atomic mass is 10.1. The van der Waals surface area contributed by atoms with Crippen molar-refractivity contribution in [2.75, 3.05) is 0 Å². The molecule has 5 heteroatoms. The molecule has 0 aliphatic heterocycles. The lowest BCUT2D eigenvalue weighted by Gasteiger charge is -2.13. The minimum absolute atomic E-state index is 0.255. The molecule has 0 amide bonds. The van der Waals surface area contributed by atoms with Crippen LogP contribution in [0.5, 0.6) is 0 Å². The standard InChI is InChI=1S/C12H17N5/c1-3-17-12(15-9-16-17)8-14-10(2)11-5-4-6-13-7-11/h4-7,9-10,14H,3,8H2,1-2H3/t10-/m1/s1. The monoisotopic (exact) mass is 231 g/mol. The van der Waals surface area contributed by atoms with Gasteiger partial charge in [0.25, 0.3) is 0 Å². The Bertz CT molecular complexity index is 451. The molecule has 0 saturated carbocycles. The van der Waals surface area contributed by atoms with Crippen LogP contribution < -0.4 is 5.32 Å². The second-order valence-corrected chi connectivity index (χ2v) is 3.88. The van der Waals surface area contributed by atoms with E-state index in [4.69, 9.17) is 0 Å². The van der Waals surface area contributed by atoms with Crippen LogP contribution in [-0.2, 0) is 13.1 Å². The third kappa shape index (κ3) is 2.88. The SMILES string of the molecule is CCn1ncnc1CN[C@H](C)c1cccnc1. The molecule has 0 radical (unpaired) electrons. The number of hydrogen-bond acceptors (Lipinski definition) is 4. The number of aromatic nitrogens is 4. The molecule has 0 unspecified atom stereocenters. The van der Waals surface area contributed by atoms with Crippen molar-refractivity contribution in [3.05, 3.63) is 42.2 Å². The summed E-state index contributed by atoms with van der Waals surface area (Å²) in [6.07, 6.45) is 5.25. The van der Waals surface area contributed by atoms with Gasteiger partial charge in [0.05, 0.1) is 6.54 Å². The molecule has 2 heterocycles. The summed E-state index contributed by atoms with van der Waals surface area (Å²) in [5, 5.41) is 7.55. The summed E-state index contributed by atoms with van der Waals surface area (Å²) >= 11 is 0. The van der Waals surface area contributed by atoms with Crippen molar-refractivity contribution in [1.29, 1.82) is 0 Å². The molecule has 0 aliphatic rings. The highest BCUT2D eigenvalue weighted by Crippen LogP contribution is 2.10. The minimum atomic E-state index is 0.255. The van der Waals surface area contributed by atoms with E-state index in [9.17, 15) is 0 Å². The minimum Gasteiger partial charge on any atom is -0.303 e. The lowest BCUT2D eigenvalue weighted by molar-refractivity contribution is 0.523. The summed E-state index contributed by atoms with van der Waals surface area (Å²) < 4.78 is 1.89. The fourth-order valence-electron chi connectivity index (χ4n) is 1.68. The van der Waals surface area contributed by atoms with Gasteiger partial charge >= 0.3 is 0 Å². The molecule has 0 spiro atoms. The Morgan fingerprint density at radius 3 is 3.06 bits per heavy atom. The van der Waals surface area contributed by atoms with Gasteiger partial charge in [-0.15, -0.1) is 0 Å². The molecule has 0 saturated heterocycles. The molecule has 2 aromatic heterocycles. The van der Waals surface area contributed by atoms with Gasteiger partial charge in [-0.3, -0.25) is 4.98 Å². The molecule has 0 fully saturated rings. The summed E-state index contributed by atoms with van der Waals surface area (Å²) in [5.41, 5.74) is 1.18. The summed E-state index contributed by atoms with van der Waals surface area (Å²) in [6.45, 7) is 5.73. The highest BCUT2D eigenvalue weighted by atomic mass is 15.3. The second kappa shape index (κ2) is 5.54. The van der Waals surface area contributed by atoms with Crippen LogP contribution in [0.25, 0.3) is 0 Å². The molecule has 2 rings (SSSR count). The lowest BCUT2D eigenvalue weighted by Crippen LogP contribution is -2.21. The average Bonchev–Trinajstić information content (AvgIpc) is 2.84. The first-order chi connectivity index (χ1) is 8.31. The topological polar surface area (TPSA) is 55.6 Å². The number of nitrogens with zero attached hydrogens (tertiary/aromatic N) is 4. The first kappa shape index (κ1) is 11.7. The third-order valence-electron chi connectivity index (χ3n) is 2.75. The Labute approximate surface area is 101 Å². The first-order valence-electron chi connectivity index (χ1n) is 5.81. The van der Waals surface area contributed by atoms with Gasteiger partial charge in [0.15, 0.2) is 0 Å². The average molecular weight is 231 g/mol. The normalized spacial score (nSPS) is 12.6. The van der Waals surface area contributed by atoms with Crippen LogP contribution in [0.1, 0.15) is 31.3 Å². The van der Waals surface area contributed by atoms with Crippen molar-refractivity contribution >= 4 is 0 Å². The van der Waals surface area contributed by atoms with Crippen molar-refractivity contribution < 1.29 is 0 Å². The van der Waals surface area contributed by atoms with E-state index in [-0.39, 0.29) is 6.04 Å². The van der Waals surface area contributed by atoms with E-state index in [0.717, 1.165) is 12.4 Å². The van der Waals surface area contributed by atoms with Crippen LogP contribution in [0.4, 0.5) is 0 Å². The zero-order valence-electron chi connectivity index (χ0n) is 10.2. The smallest absolute Gasteiger partial charge is 0.140 e. The summed E-state index contributed by atoms with van der Waals surface area (Å²) in [7, 11) is 0. The van der Waals surface area contributed by atoms with E-state index in [1.807, 2.05) is 16.9 Å². The second-order valence-electron chi connectivity index (χ2n) is 3.88. The van der Waals surface area contributed by atoms with Crippen molar-refractivity contribution in [3.63, 3.8) is 0 Å². The molecular weight excluding hydrogens is 214 g/mol. The quantitative estimate of drug-likeness (QED) is 0.848. The van der Waals surface area contributed by atoms with Crippen molar-refractivity contribution in [1.82, 2.24) is 25.1 Å². The molecule has 1 N–H and O–H groups in total. The number of hydrogen-bond donors (Lipinski definition) is 1. The number of aryl methyl sites for hydroxylation is 1. The van der Waals surface area contributed by atoms with Gasteiger partial charge in [0.2, 0.25) is 0 Å². The largest absolute Gasteiger partial charge is 0.303 e. The van der Waals surface area contributed by atoms with E-state index < -0.39 is 0 Å². The Kier molecular flexibility index (Phi) is 3.82. The van der Waals surface area contributed by atoms with E-state index in [1.165, 1.54) is 5.56 Å². The Balaban J connectivity index is 1.95. The molecule has 5 nitrogen and oxygen atoms in total. The van der Waals surface area contributed by atoms with Crippen LogP contribution in [-0.4, -0.2) is 19.7 Å². The maximum absolute atomic E-state index is 4.23. The Morgan fingerprint density at radius 2 is 2.35 bits per heavy atom. The van der Waals surface area contributed by atoms with Gasteiger partial charge in [-0.05, 0) is 25.5 Å². The number of nitrogens with one attached hydrogen (secondary N) is 1. The molecule has 0 bridgehead atoms. The molecule has 0 aromatic carbocycles. The Morgan fingerprint density at radius 1 is 1.47 bits per heavy atom. The van der Waals surface area contributed by atoms with E-state index in [0.29, 0.717) is 6.54 Å². The van der Waals surface area contributed by atoms with E-state index in [1.54, 1.807) is 12.5 Å². The van der Waals surface area contributed by atoms with Gasteiger partial charge in [-0.1, -0.05) is 6.07 Å². The maximum atomic E-state index is 4.23. The molecule has 2 aromatic rings. The van der Waals surface area contributed by atoms with Gasteiger partial charge in [0, 0.05) is 25.0 Å². The molecule has 1 atom stereocenters. The van der Waals surface area contributed by atoms with Crippen molar-refractivity contribution in [2.45, 2.75) is 33.0 Å². The maximum Gasteiger partial charge on any atom is 0.140 e. The van der Waals surface area contributed by atoms with Gasteiger partial charge in [-0.2, -0.15) is 5.10 Å². The van der Waals surface area contributed by atoms with Gasteiger partial charge in [0.1, 0.15) is 12.2 Å².